The van der Waals surface area contributed by atoms with Crippen LogP contribution in [0.5, 0.6) is 5.75 Å². The van der Waals surface area contributed by atoms with Crippen molar-refractivity contribution in [3.8, 4) is 5.75 Å². The van der Waals surface area contributed by atoms with Gasteiger partial charge in [0, 0.05) is 12.3 Å². The minimum absolute atomic E-state index is 0.269. The number of aryl methyl sites for hydroxylation is 1. The third-order valence-corrected chi connectivity index (χ3v) is 4.89. The van der Waals surface area contributed by atoms with Gasteiger partial charge in [0.1, 0.15) is 24.7 Å². The van der Waals surface area contributed by atoms with Crippen molar-refractivity contribution in [1.29, 1.82) is 0 Å². The summed E-state index contributed by atoms with van der Waals surface area (Å²) < 4.78 is 10.2. The standard InChI is InChI=1S/C23H37N2O/c1-9-19-12-20(14-21(13-19)26-8)15-24-10-11-25(18(24)2)17-23(6,7)16-22(3,4)5/h10-14H,9,15-17H2,1-8H3/q+1. The van der Waals surface area contributed by atoms with E-state index in [4.69, 9.17) is 4.74 Å². The fraction of sp³-hybridized carbons (Fsp3) is 0.609. The van der Waals surface area contributed by atoms with E-state index in [0.29, 0.717) is 5.41 Å². The van der Waals surface area contributed by atoms with Crippen LogP contribution in [0.25, 0.3) is 0 Å². The van der Waals surface area contributed by atoms with E-state index in [2.05, 4.69) is 88.2 Å². The van der Waals surface area contributed by atoms with Gasteiger partial charge in [-0.05, 0) is 41.5 Å². The van der Waals surface area contributed by atoms with Gasteiger partial charge in [-0.15, -0.1) is 0 Å². The van der Waals surface area contributed by atoms with Gasteiger partial charge in [0.25, 0.3) is 5.82 Å². The quantitative estimate of drug-likeness (QED) is 0.626. The lowest BCUT2D eigenvalue weighted by Crippen LogP contribution is -2.37. The van der Waals surface area contributed by atoms with Crippen LogP contribution in [0.15, 0.2) is 30.6 Å². The fourth-order valence-corrected chi connectivity index (χ4v) is 4.17. The molecule has 0 atom stereocenters. The first-order valence-corrected chi connectivity index (χ1v) is 9.75. The molecule has 0 amide bonds. The summed E-state index contributed by atoms with van der Waals surface area (Å²) in [6, 6.07) is 6.56. The first-order chi connectivity index (χ1) is 12.0. The van der Waals surface area contributed by atoms with Crippen LogP contribution in [0.3, 0.4) is 0 Å². The second-order valence-electron chi connectivity index (χ2n) is 9.55. The van der Waals surface area contributed by atoms with E-state index in [1.165, 1.54) is 23.4 Å². The van der Waals surface area contributed by atoms with Crippen molar-refractivity contribution in [2.75, 3.05) is 7.11 Å². The summed E-state index contributed by atoms with van der Waals surface area (Å²) in [5, 5.41) is 0. The van der Waals surface area contributed by atoms with Crippen molar-refractivity contribution in [2.45, 2.75) is 74.4 Å². The molecule has 3 heteroatoms. The van der Waals surface area contributed by atoms with E-state index >= 15 is 0 Å². The summed E-state index contributed by atoms with van der Waals surface area (Å²) in [6.45, 7) is 18.0. The number of methoxy groups -OCH3 is 1. The van der Waals surface area contributed by atoms with Gasteiger partial charge in [-0.2, -0.15) is 0 Å². The minimum Gasteiger partial charge on any atom is -0.497 e. The van der Waals surface area contributed by atoms with Crippen LogP contribution in [0.1, 0.15) is 64.9 Å². The summed E-state index contributed by atoms with van der Waals surface area (Å²) in [5.41, 5.74) is 3.23. The molecule has 0 fully saturated rings. The van der Waals surface area contributed by atoms with E-state index < -0.39 is 0 Å². The Kier molecular flexibility index (Phi) is 6.21. The van der Waals surface area contributed by atoms with Crippen molar-refractivity contribution in [3.05, 3.63) is 47.5 Å². The van der Waals surface area contributed by atoms with Crippen molar-refractivity contribution in [2.24, 2.45) is 10.8 Å². The molecule has 0 saturated heterocycles. The molecule has 0 bridgehead atoms. The van der Waals surface area contributed by atoms with E-state index in [1.54, 1.807) is 7.11 Å². The molecule has 2 aromatic rings. The van der Waals surface area contributed by atoms with Crippen LogP contribution in [0.4, 0.5) is 0 Å². The molecule has 1 heterocycles. The predicted molar refractivity (Wildman–Crippen MR) is 109 cm³/mol. The Hall–Kier alpha value is -1.77. The average Bonchev–Trinajstić information content (AvgIpc) is 2.84. The highest BCUT2D eigenvalue weighted by molar-refractivity contribution is 5.34. The Labute approximate surface area is 160 Å². The third kappa shape index (κ3) is 5.62. The van der Waals surface area contributed by atoms with Gasteiger partial charge in [-0.3, -0.25) is 0 Å². The Morgan fingerprint density at radius 2 is 1.69 bits per heavy atom. The molecule has 1 aromatic carbocycles. The molecule has 0 aliphatic heterocycles. The van der Waals surface area contributed by atoms with Crippen molar-refractivity contribution in [3.63, 3.8) is 0 Å². The Morgan fingerprint density at radius 3 is 2.27 bits per heavy atom. The van der Waals surface area contributed by atoms with E-state index in [-0.39, 0.29) is 5.41 Å². The first-order valence-electron chi connectivity index (χ1n) is 9.75. The number of nitrogens with zero attached hydrogens (tertiary/aromatic N) is 2. The molecule has 0 spiro atoms. The van der Waals surface area contributed by atoms with Gasteiger partial charge in [0.05, 0.1) is 13.7 Å². The van der Waals surface area contributed by atoms with Crippen LogP contribution in [0, 0.1) is 17.8 Å². The normalized spacial score (nSPS) is 12.5. The number of benzene rings is 1. The molecule has 0 aliphatic carbocycles. The number of aromatic nitrogens is 2. The Bertz CT molecular complexity index is 713. The molecule has 0 saturated carbocycles. The molecule has 1 aromatic heterocycles. The zero-order valence-electron chi connectivity index (χ0n) is 18.0. The monoisotopic (exact) mass is 357 g/mol. The summed E-state index contributed by atoms with van der Waals surface area (Å²) in [4.78, 5) is 0. The predicted octanol–water partition coefficient (Wildman–Crippen LogP) is 5.17. The molecule has 0 radical (unpaired) electrons. The number of imidazole rings is 1. The maximum absolute atomic E-state index is 5.47. The SMILES string of the molecule is CCc1cc(C[n+]2ccn(CC(C)(C)CC(C)(C)C)c2C)cc(OC)c1. The van der Waals surface area contributed by atoms with E-state index in [1.807, 2.05) is 0 Å². The number of hydrogen-bond acceptors (Lipinski definition) is 1. The smallest absolute Gasteiger partial charge is 0.253 e. The molecule has 0 unspecified atom stereocenters. The average molecular weight is 358 g/mol. The van der Waals surface area contributed by atoms with Gasteiger partial charge in [0.15, 0.2) is 0 Å². The second-order valence-corrected chi connectivity index (χ2v) is 9.55. The minimum atomic E-state index is 0.269. The third-order valence-electron chi connectivity index (χ3n) is 4.89. The van der Waals surface area contributed by atoms with Crippen molar-refractivity contribution in [1.82, 2.24) is 4.57 Å². The van der Waals surface area contributed by atoms with Gasteiger partial charge in [-0.1, -0.05) is 47.6 Å². The molecule has 3 nitrogen and oxygen atoms in total. The number of hydrogen-bond donors (Lipinski definition) is 0. The van der Waals surface area contributed by atoms with Gasteiger partial charge >= 0.3 is 0 Å². The lowest BCUT2D eigenvalue weighted by atomic mass is 9.76. The maximum Gasteiger partial charge on any atom is 0.253 e. The van der Waals surface area contributed by atoms with Gasteiger partial charge in [0.2, 0.25) is 0 Å². The second kappa shape index (κ2) is 7.85. The van der Waals surface area contributed by atoms with Gasteiger partial charge in [-0.25, -0.2) is 9.13 Å². The van der Waals surface area contributed by atoms with Crippen molar-refractivity contribution < 1.29 is 9.30 Å². The summed E-state index contributed by atoms with van der Waals surface area (Å²) in [6.07, 6.45) is 6.65. The topological polar surface area (TPSA) is 18.0 Å². The largest absolute Gasteiger partial charge is 0.497 e. The number of ether oxygens (including phenoxy) is 1. The van der Waals surface area contributed by atoms with Crippen LogP contribution in [-0.2, 0) is 19.5 Å². The van der Waals surface area contributed by atoms with Crippen LogP contribution < -0.4 is 9.30 Å². The van der Waals surface area contributed by atoms with Crippen LogP contribution >= 0.6 is 0 Å². The Balaban J connectivity index is 2.19. The van der Waals surface area contributed by atoms with E-state index in [9.17, 15) is 0 Å². The van der Waals surface area contributed by atoms with Gasteiger partial charge < -0.3 is 4.74 Å². The zero-order chi connectivity index (χ0) is 19.5. The highest BCUT2D eigenvalue weighted by Gasteiger charge is 2.29. The summed E-state index contributed by atoms with van der Waals surface area (Å²) in [7, 11) is 1.74. The summed E-state index contributed by atoms with van der Waals surface area (Å²) >= 11 is 0. The van der Waals surface area contributed by atoms with E-state index in [0.717, 1.165) is 25.3 Å². The molecule has 0 N–H and O–H groups in total. The molecular formula is C23H37N2O+. The molecule has 2 rings (SSSR count). The molecule has 26 heavy (non-hydrogen) atoms. The van der Waals surface area contributed by atoms with Crippen LogP contribution in [0.2, 0.25) is 0 Å². The fourth-order valence-electron chi connectivity index (χ4n) is 4.17. The highest BCUT2D eigenvalue weighted by atomic mass is 16.5. The maximum atomic E-state index is 5.47. The highest BCUT2D eigenvalue weighted by Crippen LogP contribution is 2.34. The van der Waals surface area contributed by atoms with Crippen molar-refractivity contribution >= 4 is 0 Å². The lowest BCUT2D eigenvalue weighted by molar-refractivity contribution is -0.694. The molecule has 144 valence electrons. The zero-order valence-corrected chi connectivity index (χ0v) is 18.0. The van der Waals surface area contributed by atoms with Crippen LogP contribution in [-0.4, -0.2) is 11.7 Å². The Morgan fingerprint density at radius 1 is 1.04 bits per heavy atom. The summed E-state index contributed by atoms with van der Waals surface area (Å²) in [5.74, 6) is 2.25. The molecule has 0 aliphatic rings. The lowest BCUT2D eigenvalue weighted by Gasteiger charge is -2.31. The first kappa shape index (κ1) is 20.5. The molecular weight excluding hydrogens is 320 g/mol. The number of rotatable bonds is 7.